The summed E-state index contributed by atoms with van der Waals surface area (Å²) >= 11 is 0. The van der Waals surface area contributed by atoms with E-state index in [-0.39, 0.29) is 0 Å². The van der Waals surface area contributed by atoms with Crippen LogP contribution >= 0.6 is 0 Å². The molecule has 1 aliphatic heterocycles. The van der Waals surface area contributed by atoms with Gasteiger partial charge in [0.1, 0.15) is 0 Å². The zero-order chi connectivity index (χ0) is 9.86. The molecule has 4 heteroatoms. The number of ether oxygens (including phenoxy) is 1. The maximum absolute atomic E-state index is 5.19. The molecule has 1 saturated heterocycles. The van der Waals surface area contributed by atoms with Gasteiger partial charge in [-0.05, 0) is 0 Å². The monoisotopic (exact) mass is 195 g/mol. The molecule has 0 amide bonds. The van der Waals surface area contributed by atoms with Gasteiger partial charge in [-0.1, -0.05) is 6.92 Å². The Morgan fingerprint density at radius 1 is 1.57 bits per heavy atom. The van der Waals surface area contributed by atoms with Gasteiger partial charge in [0.05, 0.1) is 19.5 Å². The van der Waals surface area contributed by atoms with Gasteiger partial charge in [-0.25, -0.2) is 4.98 Å². The van der Waals surface area contributed by atoms with E-state index in [1.54, 1.807) is 6.20 Å². The highest BCUT2D eigenvalue weighted by molar-refractivity contribution is 4.83. The lowest BCUT2D eigenvalue weighted by Gasteiger charge is -2.38. The Bertz CT molecular complexity index is 267. The smallest absolute Gasteiger partial charge is 0.0946 e. The summed E-state index contributed by atoms with van der Waals surface area (Å²) in [5.74, 6) is 0. The number of hydrogen-bond acceptors (Lipinski definition) is 3. The van der Waals surface area contributed by atoms with E-state index in [1.807, 2.05) is 12.5 Å². The predicted octanol–water partition coefficient (Wildman–Crippen LogP) is 0.509. The highest BCUT2D eigenvalue weighted by atomic mass is 16.5. The van der Waals surface area contributed by atoms with E-state index in [4.69, 9.17) is 4.74 Å². The van der Waals surface area contributed by atoms with Crippen LogP contribution in [-0.4, -0.2) is 35.9 Å². The number of imidazole rings is 1. The third kappa shape index (κ3) is 2.33. The van der Waals surface area contributed by atoms with Crippen LogP contribution in [0.2, 0.25) is 0 Å². The Kier molecular flexibility index (Phi) is 2.84. The molecule has 1 aromatic heterocycles. The van der Waals surface area contributed by atoms with Crippen molar-refractivity contribution in [3.8, 4) is 0 Å². The summed E-state index contributed by atoms with van der Waals surface area (Å²) in [6.07, 6.45) is 5.63. The minimum Gasteiger partial charge on any atom is -0.380 e. The van der Waals surface area contributed by atoms with Gasteiger partial charge in [-0.2, -0.15) is 0 Å². The van der Waals surface area contributed by atoms with Crippen LogP contribution in [-0.2, 0) is 11.3 Å². The molecule has 0 aliphatic carbocycles. The van der Waals surface area contributed by atoms with Gasteiger partial charge in [0.15, 0.2) is 0 Å². The molecule has 0 saturated carbocycles. The van der Waals surface area contributed by atoms with E-state index in [9.17, 15) is 0 Å². The fourth-order valence-electron chi connectivity index (χ4n) is 1.57. The van der Waals surface area contributed by atoms with E-state index in [2.05, 4.69) is 21.8 Å². The molecule has 2 rings (SSSR count). The minimum absolute atomic E-state index is 0.370. The van der Waals surface area contributed by atoms with Crippen molar-refractivity contribution in [3.63, 3.8) is 0 Å². The summed E-state index contributed by atoms with van der Waals surface area (Å²) in [5, 5.41) is 3.44. The Balaban J connectivity index is 1.59. The minimum atomic E-state index is 0.370. The molecule has 1 N–H and O–H groups in total. The Morgan fingerprint density at radius 3 is 3.00 bits per heavy atom. The lowest BCUT2D eigenvalue weighted by Crippen LogP contribution is -2.47. The molecular formula is C10H17N3O. The number of nitrogens with zero attached hydrogens (tertiary/aromatic N) is 2. The summed E-state index contributed by atoms with van der Waals surface area (Å²) in [4.78, 5) is 3.99. The summed E-state index contributed by atoms with van der Waals surface area (Å²) in [6, 6.07) is 0. The zero-order valence-electron chi connectivity index (χ0n) is 8.57. The first-order valence-corrected chi connectivity index (χ1v) is 5.03. The molecule has 0 bridgehead atoms. The average Bonchev–Trinajstić information content (AvgIpc) is 2.62. The van der Waals surface area contributed by atoms with E-state index in [0.29, 0.717) is 5.41 Å². The van der Waals surface area contributed by atoms with Crippen molar-refractivity contribution >= 4 is 0 Å². The molecule has 0 aromatic carbocycles. The third-order valence-electron chi connectivity index (χ3n) is 2.56. The summed E-state index contributed by atoms with van der Waals surface area (Å²) < 4.78 is 7.26. The molecule has 2 heterocycles. The number of aromatic nitrogens is 2. The molecule has 4 nitrogen and oxygen atoms in total. The molecule has 1 aliphatic rings. The second-order valence-electron chi connectivity index (χ2n) is 4.28. The van der Waals surface area contributed by atoms with Crippen LogP contribution in [0.5, 0.6) is 0 Å². The molecule has 78 valence electrons. The number of nitrogens with one attached hydrogen (secondary N) is 1. The second-order valence-corrected chi connectivity index (χ2v) is 4.28. The van der Waals surface area contributed by atoms with Crippen LogP contribution in [0.1, 0.15) is 6.92 Å². The maximum atomic E-state index is 5.19. The van der Waals surface area contributed by atoms with Gasteiger partial charge >= 0.3 is 0 Å². The van der Waals surface area contributed by atoms with Crippen molar-refractivity contribution in [2.75, 3.05) is 26.3 Å². The largest absolute Gasteiger partial charge is 0.380 e. The van der Waals surface area contributed by atoms with Gasteiger partial charge in [-0.15, -0.1) is 0 Å². The standard InChI is InChI=1S/C10H17N3O/c1-10(7-14-8-10)6-11-2-4-13-5-3-12-9-13/h3,5,9,11H,2,4,6-8H2,1H3. The molecule has 1 aromatic rings. The van der Waals surface area contributed by atoms with Gasteiger partial charge in [0.2, 0.25) is 0 Å². The van der Waals surface area contributed by atoms with Crippen LogP contribution in [0.3, 0.4) is 0 Å². The zero-order valence-corrected chi connectivity index (χ0v) is 8.57. The van der Waals surface area contributed by atoms with Crippen molar-refractivity contribution in [1.29, 1.82) is 0 Å². The van der Waals surface area contributed by atoms with Crippen molar-refractivity contribution in [2.45, 2.75) is 13.5 Å². The highest BCUT2D eigenvalue weighted by Gasteiger charge is 2.32. The van der Waals surface area contributed by atoms with E-state index in [1.165, 1.54) is 0 Å². The van der Waals surface area contributed by atoms with Crippen molar-refractivity contribution in [3.05, 3.63) is 18.7 Å². The summed E-state index contributed by atoms with van der Waals surface area (Å²) in [5.41, 5.74) is 0.370. The molecular weight excluding hydrogens is 178 g/mol. The Hall–Kier alpha value is -0.870. The first-order valence-electron chi connectivity index (χ1n) is 5.03. The van der Waals surface area contributed by atoms with Crippen LogP contribution in [0.4, 0.5) is 0 Å². The lowest BCUT2D eigenvalue weighted by molar-refractivity contribution is -0.0989. The Morgan fingerprint density at radius 2 is 2.43 bits per heavy atom. The van der Waals surface area contributed by atoms with Crippen LogP contribution < -0.4 is 5.32 Å². The molecule has 0 radical (unpaired) electrons. The van der Waals surface area contributed by atoms with Crippen LogP contribution in [0, 0.1) is 5.41 Å². The molecule has 0 atom stereocenters. The molecule has 0 spiro atoms. The third-order valence-corrected chi connectivity index (χ3v) is 2.56. The fraction of sp³-hybridized carbons (Fsp3) is 0.700. The number of hydrogen-bond donors (Lipinski definition) is 1. The van der Waals surface area contributed by atoms with E-state index >= 15 is 0 Å². The normalized spacial score (nSPS) is 19.2. The van der Waals surface area contributed by atoms with Crippen LogP contribution in [0.15, 0.2) is 18.7 Å². The first-order chi connectivity index (χ1) is 6.79. The SMILES string of the molecule is CC1(CNCCn2ccnc2)COC1. The van der Waals surface area contributed by atoms with Gasteiger partial charge in [0.25, 0.3) is 0 Å². The van der Waals surface area contributed by atoms with Gasteiger partial charge in [0, 0.05) is 37.4 Å². The molecule has 0 unspecified atom stereocenters. The predicted molar refractivity (Wildman–Crippen MR) is 54.0 cm³/mol. The van der Waals surface area contributed by atoms with Crippen molar-refractivity contribution in [2.24, 2.45) is 5.41 Å². The second kappa shape index (κ2) is 4.11. The lowest BCUT2D eigenvalue weighted by atomic mass is 9.89. The van der Waals surface area contributed by atoms with E-state index in [0.717, 1.165) is 32.8 Å². The number of rotatable bonds is 5. The average molecular weight is 195 g/mol. The quantitative estimate of drug-likeness (QED) is 0.696. The summed E-state index contributed by atoms with van der Waals surface area (Å²) in [6.45, 7) is 7.06. The van der Waals surface area contributed by atoms with Gasteiger partial charge in [-0.3, -0.25) is 0 Å². The van der Waals surface area contributed by atoms with Crippen molar-refractivity contribution < 1.29 is 4.74 Å². The highest BCUT2D eigenvalue weighted by Crippen LogP contribution is 2.24. The Labute approximate surface area is 84.3 Å². The molecule has 14 heavy (non-hydrogen) atoms. The van der Waals surface area contributed by atoms with Gasteiger partial charge < -0.3 is 14.6 Å². The van der Waals surface area contributed by atoms with E-state index < -0.39 is 0 Å². The van der Waals surface area contributed by atoms with Crippen molar-refractivity contribution in [1.82, 2.24) is 14.9 Å². The summed E-state index contributed by atoms with van der Waals surface area (Å²) in [7, 11) is 0. The fourth-order valence-corrected chi connectivity index (χ4v) is 1.57. The molecule has 1 fully saturated rings. The first kappa shape index (κ1) is 9.68. The van der Waals surface area contributed by atoms with Crippen LogP contribution in [0.25, 0.3) is 0 Å². The topological polar surface area (TPSA) is 39.1 Å². The maximum Gasteiger partial charge on any atom is 0.0946 e.